The van der Waals surface area contributed by atoms with E-state index in [4.69, 9.17) is 28.9 Å². The van der Waals surface area contributed by atoms with Gasteiger partial charge in [0.1, 0.15) is 0 Å². The lowest BCUT2D eigenvalue weighted by Crippen LogP contribution is -2.33. The van der Waals surface area contributed by atoms with Crippen molar-refractivity contribution < 1.29 is 4.79 Å². The van der Waals surface area contributed by atoms with Gasteiger partial charge >= 0.3 is 0 Å². The number of amides is 1. The maximum Gasteiger partial charge on any atom is 0.227 e. The number of nitrogens with zero attached hydrogens (tertiary/aromatic N) is 1. The molecule has 0 saturated carbocycles. The smallest absolute Gasteiger partial charge is 0.227 e. The Hall–Kier alpha value is -0.770. The van der Waals surface area contributed by atoms with Crippen LogP contribution in [-0.4, -0.2) is 29.9 Å². The molecular formula is C14H18Cl2N2O. The summed E-state index contributed by atoms with van der Waals surface area (Å²) >= 11 is 11.8. The first kappa shape index (κ1) is 14.6. The maximum atomic E-state index is 12.2. The number of hydrogen-bond donors (Lipinski definition) is 1. The average Bonchev–Trinajstić information content (AvgIpc) is 2.83. The van der Waals surface area contributed by atoms with Gasteiger partial charge in [-0.1, -0.05) is 29.3 Å². The van der Waals surface area contributed by atoms with Crippen molar-refractivity contribution in [3.05, 3.63) is 33.8 Å². The van der Waals surface area contributed by atoms with Crippen LogP contribution in [0.15, 0.2) is 18.2 Å². The zero-order valence-corrected chi connectivity index (χ0v) is 12.4. The molecule has 1 aromatic carbocycles. The molecule has 2 unspecified atom stereocenters. The summed E-state index contributed by atoms with van der Waals surface area (Å²) in [5.74, 6) is 0.541. The van der Waals surface area contributed by atoms with E-state index in [9.17, 15) is 4.79 Å². The third-order valence-electron chi connectivity index (χ3n) is 3.66. The second kappa shape index (κ2) is 6.12. The Morgan fingerprint density at radius 1 is 1.47 bits per heavy atom. The molecule has 2 rings (SSSR count). The Balaban J connectivity index is 1.96. The van der Waals surface area contributed by atoms with E-state index >= 15 is 0 Å². The molecule has 0 radical (unpaired) electrons. The van der Waals surface area contributed by atoms with Crippen LogP contribution < -0.4 is 5.73 Å². The molecule has 5 heteroatoms. The van der Waals surface area contributed by atoms with Crippen LogP contribution in [0.5, 0.6) is 0 Å². The predicted octanol–water partition coefficient (Wildman–Crippen LogP) is 2.73. The van der Waals surface area contributed by atoms with E-state index < -0.39 is 0 Å². The molecule has 1 saturated heterocycles. The summed E-state index contributed by atoms with van der Waals surface area (Å²) in [6, 6.07) is 5.45. The number of hydrogen-bond acceptors (Lipinski definition) is 2. The molecule has 1 fully saturated rings. The largest absolute Gasteiger partial charge is 0.342 e. The van der Waals surface area contributed by atoms with E-state index in [1.807, 2.05) is 17.9 Å². The van der Waals surface area contributed by atoms with E-state index in [1.54, 1.807) is 12.1 Å². The fourth-order valence-electron chi connectivity index (χ4n) is 2.38. The Morgan fingerprint density at radius 2 is 2.21 bits per heavy atom. The summed E-state index contributed by atoms with van der Waals surface area (Å²) in [6.07, 6.45) is 1.35. The van der Waals surface area contributed by atoms with E-state index in [2.05, 4.69) is 0 Å². The first-order valence-electron chi connectivity index (χ1n) is 6.44. The Morgan fingerprint density at radius 3 is 2.79 bits per heavy atom. The quantitative estimate of drug-likeness (QED) is 0.933. The first-order chi connectivity index (χ1) is 8.97. The summed E-state index contributed by atoms with van der Waals surface area (Å²) in [6.45, 7) is 3.56. The van der Waals surface area contributed by atoms with Gasteiger partial charge in [0.15, 0.2) is 0 Å². The van der Waals surface area contributed by atoms with Crippen LogP contribution in [0.1, 0.15) is 18.9 Å². The summed E-state index contributed by atoms with van der Waals surface area (Å²) in [5.41, 5.74) is 6.77. The van der Waals surface area contributed by atoms with Gasteiger partial charge < -0.3 is 10.6 Å². The number of likely N-dealkylation sites (tertiary alicyclic amines) is 1. The highest BCUT2D eigenvalue weighted by atomic mass is 35.5. The van der Waals surface area contributed by atoms with Gasteiger partial charge in [-0.25, -0.2) is 0 Å². The van der Waals surface area contributed by atoms with Gasteiger partial charge in [-0.2, -0.15) is 0 Å². The number of rotatable bonds is 3. The fraction of sp³-hybridized carbons (Fsp3) is 0.500. The average molecular weight is 301 g/mol. The van der Waals surface area contributed by atoms with Crippen molar-refractivity contribution in [3.63, 3.8) is 0 Å². The van der Waals surface area contributed by atoms with Crippen LogP contribution in [-0.2, 0) is 11.2 Å². The van der Waals surface area contributed by atoms with Gasteiger partial charge in [0.2, 0.25) is 5.91 Å². The van der Waals surface area contributed by atoms with Crippen LogP contribution in [0.4, 0.5) is 0 Å². The molecule has 0 spiro atoms. The van der Waals surface area contributed by atoms with E-state index in [-0.39, 0.29) is 11.9 Å². The monoisotopic (exact) mass is 300 g/mol. The number of halogens is 2. The normalized spacial score (nSPS) is 20.6. The Bertz CT molecular complexity index is 477. The summed E-state index contributed by atoms with van der Waals surface area (Å²) in [5, 5.41) is 0.998. The van der Waals surface area contributed by atoms with Crippen molar-refractivity contribution in [2.45, 2.75) is 25.8 Å². The molecule has 1 amide bonds. The standard InChI is InChI=1S/C14H18Cl2N2O/c1-9(17)11-4-5-18(8-11)14(19)7-10-2-3-12(15)13(16)6-10/h2-3,6,9,11H,4-5,7-8,17H2,1H3. The Kier molecular flexibility index (Phi) is 4.71. The van der Waals surface area contributed by atoms with Gasteiger partial charge in [-0.15, -0.1) is 0 Å². The second-order valence-electron chi connectivity index (χ2n) is 5.17. The molecule has 0 aliphatic carbocycles. The molecule has 0 aromatic heterocycles. The third-order valence-corrected chi connectivity index (χ3v) is 4.40. The first-order valence-corrected chi connectivity index (χ1v) is 7.20. The van der Waals surface area contributed by atoms with E-state index in [1.165, 1.54) is 0 Å². The lowest BCUT2D eigenvalue weighted by atomic mass is 10.0. The third kappa shape index (κ3) is 3.62. The lowest BCUT2D eigenvalue weighted by Gasteiger charge is -2.18. The van der Waals surface area contributed by atoms with Crippen molar-refractivity contribution in [1.29, 1.82) is 0 Å². The van der Waals surface area contributed by atoms with Crippen molar-refractivity contribution in [3.8, 4) is 0 Å². The SMILES string of the molecule is CC(N)C1CCN(C(=O)Cc2ccc(Cl)c(Cl)c2)C1. The number of benzene rings is 1. The van der Waals surface area contributed by atoms with Crippen molar-refractivity contribution in [1.82, 2.24) is 4.90 Å². The molecule has 1 heterocycles. The van der Waals surface area contributed by atoms with Crippen LogP contribution in [0.25, 0.3) is 0 Å². The van der Waals surface area contributed by atoms with E-state index in [0.29, 0.717) is 22.4 Å². The highest BCUT2D eigenvalue weighted by molar-refractivity contribution is 6.42. The molecular weight excluding hydrogens is 283 g/mol. The molecule has 1 aliphatic rings. The van der Waals surface area contributed by atoms with Gasteiger partial charge in [-0.3, -0.25) is 4.79 Å². The number of carbonyl (C=O) groups is 1. The number of nitrogens with two attached hydrogens (primary N) is 1. The maximum absolute atomic E-state index is 12.2. The lowest BCUT2D eigenvalue weighted by molar-refractivity contribution is -0.129. The second-order valence-corrected chi connectivity index (χ2v) is 5.99. The molecule has 1 aromatic rings. The van der Waals surface area contributed by atoms with Gasteiger partial charge in [0.05, 0.1) is 16.5 Å². The highest BCUT2D eigenvalue weighted by Crippen LogP contribution is 2.24. The zero-order chi connectivity index (χ0) is 14.0. The minimum Gasteiger partial charge on any atom is -0.342 e. The van der Waals surface area contributed by atoms with Gasteiger partial charge in [-0.05, 0) is 37.0 Å². The zero-order valence-electron chi connectivity index (χ0n) is 10.9. The topological polar surface area (TPSA) is 46.3 Å². The van der Waals surface area contributed by atoms with Crippen molar-refractivity contribution in [2.24, 2.45) is 11.7 Å². The van der Waals surface area contributed by atoms with Gasteiger partial charge in [0.25, 0.3) is 0 Å². The van der Waals surface area contributed by atoms with Crippen LogP contribution in [0.2, 0.25) is 10.0 Å². The Labute approximate surface area is 123 Å². The summed E-state index contributed by atoms with van der Waals surface area (Å²) in [7, 11) is 0. The van der Waals surface area contributed by atoms with Gasteiger partial charge in [0, 0.05) is 19.1 Å². The van der Waals surface area contributed by atoms with Crippen molar-refractivity contribution >= 4 is 29.1 Å². The minimum atomic E-state index is 0.126. The molecule has 104 valence electrons. The molecule has 2 N–H and O–H groups in total. The molecule has 19 heavy (non-hydrogen) atoms. The van der Waals surface area contributed by atoms with Crippen LogP contribution in [0.3, 0.4) is 0 Å². The van der Waals surface area contributed by atoms with Crippen LogP contribution in [0, 0.1) is 5.92 Å². The summed E-state index contributed by atoms with van der Waals surface area (Å²) in [4.78, 5) is 14.1. The number of carbonyl (C=O) groups excluding carboxylic acids is 1. The molecule has 2 atom stereocenters. The summed E-state index contributed by atoms with van der Waals surface area (Å²) < 4.78 is 0. The molecule has 1 aliphatic heterocycles. The highest BCUT2D eigenvalue weighted by Gasteiger charge is 2.28. The van der Waals surface area contributed by atoms with E-state index in [0.717, 1.165) is 25.1 Å². The minimum absolute atomic E-state index is 0.126. The van der Waals surface area contributed by atoms with Crippen molar-refractivity contribution in [2.75, 3.05) is 13.1 Å². The molecule has 0 bridgehead atoms. The predicted molar refractivity (Wildman–Crippen MR) is 78.5 cm³/mol. The molecule has 3 nitrogen and oxygen atoms in total. The fourth-order valence-corrected chi connectivity index (χ4v) is 2.70. The van der Waals surface area contributed by atoms with Crippen LogP contribution >= 0.6 is 23.2 Å².